The molecule has 0 unspecified atom stereocenters. The van der Waals surface area contributed by atoms with Gasteiger partial charge in [0.15, 0.2) is 0 Å². The Labute approximate surface area is 378 Å². The Hall–Kier alpha value is -6.99. The summed E-state index contributed by atoms with van der Waals surface area (Å²) in [5.74, 6) is 0. The molecule has 0 bridgehead atoms. The van der Waals surface area contributed by atoms with E-state index in [-0.39, 0.29) is 0 Å². The van der Waals surface area contributed by atoms with Gasteiger partial charge in [0, 0.05) is 27.8 Å². The lowest BCUT2D eigenvalue weighted by atomic mass is 9.92. The highest BCUT2D eigenvalue weighted by Gasteiger charge is 2.20. The molecule has 0 saturated carbocycles. The van der Waals surface area contributed by atoms with Gasteiger partial charge in [0.05, 0.1) is 16.1 Å². The summed E-state index contributed by atoms with van der Waals surface area (Å²) < 4.78 is 6.14. The Bertz CT molecular complexity index is 3520. The van der Waals surface area contributed by atoms with Crippen molar-refractivity contribution >= 4 is 97.8 Å². The fourth-order valence-corrected chi connectivity index (χ4v) is 11.9. The Morgan fingerprint density at radius 2 is 0.641 bits per heavy atom. The number of anilines is 3. The quantitative estimate of drug-likeness (QED) is 0.112. The molecule has 1 heterocycles. The van der Waals surface area contributed by atoms with E-state index < -0.39 is 16.1 Å². The monoisotopic (exact) mass is 857 g/mol. The molecular weight excluding hydrogens is 807 g/mol. The first kappa shape index (κ1) is 39.8. The maximum Gasteiger partial charge on any atom is 0.135 e. The highest BCUT2D eigenvalue weighted by atomic mass is 28.3. The second-order valence-electron chi connectivity index (χ2n) is 19.4. The highest BCUT2D eigenvalue weighted by Crippen LogP contribution is 2.41. The fraction of sp³-hybridized carbons (Fsp3) is 0.100. The predicted octanol–water partition coefficient (Wildman–Crippen LogP) is 16.6. The molecule has 0 radical (unpaired) electrons. The van der Waals surface area contributed by atoms with E-state index in [0.717, 1.165) is 44.6 Å². The van der Waals surface area contributed by atoms with Crippen LogP contribution in [0.2, 0.25) is 39.3 Å². The molecule has 10 aromatic carbocycles. The number of furan rings is 1. The molecule has 1 aromatic heterocycles. The van der Waals surface area contributed by atoms with Crippen LogP contribution in [0.3, 0.4) is 0 Å². The summed E-state index contributed by atoms with van der Waals surface area (Å²) >= 11 is 0. The van der Waals surface area contributed by atoms with Crippen LogP contribution in [0.4, 0.5) is 17.1 Å². The molecular formula is C60H51NOSi2. The van der Waals surface area contributed by atoms with E-state index >= 15 is 0 Å². The predicted molar refractivity (Wildman–Crippen MR) is 283 cm³/mol. The molecule has 0 aliphatic heterocycles. The lowest BCUT2D eigenvalue weighted by Gasteiger charge is -2.26. The van der Waals surface area contributed by atoms with Crippen LogP contribution in [-0.4, -0.2) is 16.1 Å². The largest absolute Gasteiger partial charge is 0.456 e. The Morgan fingerprint density at radius 1 is 0.281 bits per heavy atom. The summed E-state index contributed by atoms with van der Waals surface area (Å²) in [7, 11) is -2.85. The van der Waals surface area contributed by atoms with Gasteiger partial charge in [-0.15, -0.1) is 0 Å². The molecule has 0 aliphatic rings. The average molecular weight is 858 g/mol. The van der Waals surface area contributed by atoms with Crippen molar-refractivity contribution in [3.63, 3.8) is 0 Å². The molecule has 0 fully saturated rings. The summed E-state index contributed by atoms with van der Waals surface area (Å²) in [5, 5.41) is 13.2. The van der Waals surface area contributed by atoms with E-state index in [1.54, 1.807) is 0 Å². The van der Waals surface area contributed by atoms with Gasteiger partial charge >= 0.3 is 0 Å². The van der Waals surface area contributed by atoms with E-state index in [1.165, 1.54) is 70.5 Å². The first-order valence-corrected chi connectivity index (χ1v) is 29.5. The maximum atomic E-state index is 6.14. The summed E-state index contributed by atoms with van der Waals surface area (Å²) in [6.07, 6.45) is 0. The minimum absolute atomic E-state index is 0.910. The van der Waals surface area contributed by atoms with Crippen LogP contribution in [0.1, 0.15) is 0 Å². The van der Waals surface area contributed by atoms with Gasteiger partial charge in [0.2, 0.25) is 0 Å². The van der Waals surface area contributed by atoms with Gasteiger partial charge in [-0.3, -0.25) is 0 Å². The van der Waals surface area contributed by atoms with Crippen molar-refractivity contribution in [1.82, 2.24) is 0 Å². The molecule has 0 amide bonds. The molecule has 11 rings (SSSR count). The SMILES string of the molecule is C[Si](C)(C)c1ccc(-c2ccc(N(c3ccc(-c4ccc5oc6ccccc6c5c4)cc3)c3ccc(-c4ccc5c6ccc([Si](C)(C)C)cc6c6ccccc6c5c4)cc3)cc2)cc1. The minimum Gasteiger partial charge on any atom is -0.456 e. The van der Waals surface area contributed by atoms with Crippen LogP contribution in [0.5, 0.6) is 0 Å². The van der Waals surface area contributed by atoms with E-state index in [4.69, 9.17) is 4.42 Å². The zero-order valence-electron chi connectivity index (χ0n) is 37.4. The standard InChI is InChI=1S/C60H51NOSi2/c1-63(2,3)49-31-21-41(22-32-49)40-15-25-46(26-16-40)61(48-29-19-43(20-30-48)45-24-36-60-58(38-45)55-13-9-10-14-59(55)62-60)47-27-17-42(18-28-47)44-23-34-53-54-35-33-50(64(4,5)6)39-57(54)52-12-8-7-11-51(52)56(53)37-44/h7-39H,1-6H3. The van der Waals surface area contributed by atoms with Crippen LogP contribution in [-0.2, 0) is 0 Å². The first-order valence-electron chi connectivity index (χ1n) is 22.5. The fourth-order valence-electron chi connectivity index (χ4n) is 9.53. The van der Waals surface area contributed by atoms with Gasteiger partial charge in [-0.2, -0.15) is 0 Å². The molecule has 0 N–H and O–H groups in total. The maximum absolute atomic E-state index is 6.14. The van der Waals surface area contributed by atoms with Gasteiger partial charge in [0.1, 0.15) is 11.2 Å². The summed E-state index contributed by atoms with van der Waals surface area (Å²) in [6, 6.07) is 74.3. The van der Waals surface area contributed by atoms with E-state index in [2.05, 4.69) is 232 Å². The van der Waals surface area contributed by atoms with Crippen molar-refractivity contribution in [2.75, 3.05) is 4.90 Å². The van der Waals surface area contributed by atoms with E-state index in [1.807, 2.05) is 12.1 Å². The number of hydrogen-bond acceptors (Lipinski definition) is 2. The molecule has 0 aliphatic carbocycles. The van der Waals surface area contributed by atoms with Gasteiger partial charge in [-0.05, 0) is 126 Å². The third-order valence-corrected chi connectivity index (χ3v) is 17.3. The van der Waals surface area contributed by atoms with Gasteiger partial charge < -0.3 is 9.32 Å². The van der Waals surface area contributed by atoms with Crippen molar-refractivity contribution < 1.29 is 4.42 Å². The molecule has 0 spiro atoms. The van der Waals surface area contributed by atoms with Crippen molar-refractivity contribution in [1.29, 1.82) is 0 Å². The Morgan fingerprint density at radius 3 is 1.17 bits per heavy atom. The average Bonchev–Trinajstić information content (AvgIpc) is 3.70. The smallest absolute Gasteiger partial charge is 0.135 e. The van der Waals surface area contributed by atoms with Crippen LogP contribution in [0, 0.1) is 0 Å². The zero-order chi connectivity index (χ0) is 43.7. The van der Waals surface area contributed by atoms with E-state index in [0.29, 0.717) is 0 Å². The highest BCUT2D eigenvalue weighted by molar-refractivity contribution is 6.89. The lowest BCUT2D eigenvalue weighted by molar-refractivity contribution is 0.669. The first-order chi connectivity index (χ1) is 31.0. The Kier molecular flexibility index (Phi) is 9.57. The summed E-state index contributed by atoms with van der Waals surface area (Å²) in [6.45, 7) is 14.5. The number of fused-ring (bicyclic) bond motifs is 9. The molecule has 310 valence electrons. The minimum atomic E-state index is -1.47. The summed E-state index contributed by atoms with van der Waals surface area (Å²) in [4.78, 5) is 2.37. The summed E-state index contributed by atoms with van der Waals surface area (Å²) in [5.41, 5.74) is 12.3. The number of nitrogens with zero attached hydrogens (tertiary/aromatic N) is 1. The topological polar surface area (TPSA) is 16.4 Å². The second kappa shape index (κ2) is 15.4. The number of para-hydroxylation sites is 1. The molecule has 0 saturated heterocycles. The van der Waals surface area contributed by atoms with Crippen LogP contribution in [0.25, 0.3) is 87.6 Å². The number of hydrogen-bond donors (Lipinski definition) is 0. The van der Waals surface area contributed by atoms with Crippen LogP contribution in [0.15, 0.2) is 205 Å². The lowest BCUT2D eigenvalue weighted by Crippen LogP contribution is -2.37. The Balaban J connectivity index is 0.970. The van der Waals surface area contributed by atoms with E-state index in [9.17, 15) is 0 Å². The van der Waals surface area contributed by atoms with Gasteiger partial charge in [0.25, 0.3) is 0 Å². The second-order valence-corrected chi connectivity index (χ2v) is 29.6. The number of rotatable bonds is 8. The van der Waals surface area contributed by atoms with Crippen LogP contribution < -0.4 is 15.3 Å². The molecule has 64 heavy (non-hydrogen) atoms. The molecule has 2 nitrogen and oxygen atoms in total. The number of benzene rings is 10. The zero-order valence-corrected chi connectivity index (χ0v) is 39.4. The molecule has 0 atom stereocenters. The van der Waals surface area contributed by atoms with Crippen molar-refractivity contribution in [2.45, 2.75) is 39.3 Å². The van der Waals surface area contributed by atoms with Crippen molar-refractivity contribution in [3.05, 3.63) is 200 Å². The molecule has 4 heteroatoms. The van der Waals surface area contributed by atoms with Gasteiger partial charge in [-0.1, -0.05) is 189 Å². The van der Waals surface area contributed by atoms with Crippen LogP contribution >= 0.6 is 0 Å². The molecule has 11 aromatic rings. The normalized spacial score (nSPS) is 12.2. The van der Waals surface area contributed by atoms with Gasteiger partial charge in [-0.25, -0.2) is 0 Å². The third-order valence-electron chi connectivity index (χ3n) is 13.2. The van der Waals surface area contributed by atoms with Crippen molar-refractivity contribution in [2.24, 2.45) is 0 Å². The third kappa shape index (κ3) is 7.13. The van der Waals surface area contributed by atoms with Crippen molar-refractivity contribution in [3.8, 4) is 33.4 Å².